The summed E-state index contributed by atoms with van der Waals surface area (Å²) >= 11 is 6.25. The van der Waals surface area contributed by atoms with E-state index in [1.807, 2.05) is 19.9 Å². The van der Waals surface area contributed by atoms with Crippen molar-refractivity contribution >= 4 is 23.2 Å². The zero-order valence-electron chi connectivity index (χ0n) is 16.6. The Kier molecular flexibility index (Phi) is 6.94. The minimum absolute atomic E-state index is 0.0242. The molecule has 0 aromatic heterocycles. The fourth-order valence-electron chi connectivity index (χ4n) is 3.30. The molecule has 0 saturated carbocycles. The highest BCUT2D eigenvalue weighted by Crippen LogP contribution is 2.27. The van der Waals surface area contributed by atoms with E-state index < -0.39 is 0 Å². The van der Waals surface area contributed by atoms with Crippen molar-refractivity contribution in [3.05, 3.63) is 58.1 Å². The van der Waals surface area contributed by atoms with Crippen LogP contribution in [-0.4, -0.2) is 43.7 Å². The van der Waals surface area contributed by atoms with Gasteiger partial charge in [0.15, 0.2) is 0 Å². The number of ether oxygens (including phenoxy) is 2. The summed E-state index contributed by atoms with van der Waals surface area (Å²) < 4.78 is 10.8. The molecule has 3 rings (SSSR count). The first-order chi connectivity index (χ1) is 13.5. The number of amides is 1. The topological polar surface area (TPSA) is 50.8 Å². The predicted molar refractivity (Wildman–Crippen MR) is 112 cm³/mol. The molecule has 0 bridgehead atoms. The van der Waals surface area contributed by atoms with Gasteiger partial charge in [0.2, 0.25) is 0 Å². The quantitative estimate of drug-likeness (QED) is 0.746. The summed E-state index contributed by atoms with van der Waals surface area (Å²) in [6.07, 6.45) is 1.04. The predicted octanol–water partition coefficient (Wildman–Crippen LogP) is 4.38. The Morgan fingerprint density at radius 3 is 2.75 bits per heavy atom. The average molecular weight is 403 g/mol. The molecule has 0 saturated heterocycles. The Morgan fingerprint density at radius 2 is 2.04 bits per heavy atom. The molecule has 2 aromatic carbocycles. The number of carbonyl (C=O) groups is 1. The van der Waals surface area contributed by atoms with Crippen molar-refractivity contribution in [1.29, 1.82) is 0 Å². The summed E-state index contributed by atoms with van der Waals surface area (Å²) in [5.74, 6) is 0.392. The summed E-state index contributed by atoms with van der Waals surface area (Å²) in [7, 11) is 1.72. The Hall–Kier alpha value is -2.08. The van der Waals surface area contributed by atoms with Crippen LogP contribution in [0.15, 0.2) is 36.4 Å². The fraction of sp³-hybridized carbons (Fsp3) is 0.409. The second-order valence-corrected chi connectivity index (χ2v) is 7.68. The molecule has 2 aromatic rings. The summed E-state index contributed by atoms with van der Waals surface area (Å²) in [6.45, 7) is 7.41. The van der Waals surface area contributed by atoms with E-state index in [0.29, 0.717) is 16.3 Å². The number of rotatable bonds is 7. The number of nitrogens with one attached hydrogen (secondary N) is 1. The van der Waals surface area contributed by atoms with Crippen molar-refractivity contribution < 1.29 is 14.3 Å². The van der Waals surface area contributed by atoms with Crippen LogP contribution in [0.1, 0.15) is 35.3 Å². The van der Waals surface area contributed by atoms with Crippen molar-refractivity contribution in [1.82, 2.24) is 4.90 Å². The number of anilines is 1. The number of hydrogen-bond donors (Lipinski definition) is 1. The van der Waals surface area contributed by atoms with Gasteiger partial charge in [-0.1, -0.05) is 17.7 Å². The summed E-state index contributed by atoms with van der Waals surface area (Å²) in [5.41, 5.74) is 3.88. The molecule has 0 radical (unpaired) electrons. The lowest BCUT2D eigenvalue weighted by Crippen LogP contribution is -2.33. The van der Waals surface area contributed by atoms with Gasteiger partial charge in [0, 0.05) is 38.0 Å². The van der Waals surface area contributed by atoms with Gasteiger partial charge < -0.3 is 14.8 Å². The summed E-state index contributed by atoms with van der Waals surface area (Å²) in [5, 5.41) is 3.40. The maximum atomic E-state index is 12.6. The van der Waals surface area contributed by atoms with Gasteiger partial charge in [0.1, 0.15) is 5.75 Å². The van der Waals surface area contributed by atoms with Crippen molar-refractivity contribution in [2.75, 3.05) is 32.1 Å². The minimum atomic E-state index is -0.190. The minimum Gasteiger partial charge on any atom is -0.489 e. The Morgan fingerprint density at radius 1 is 1.21 bits per heavy atom. The molecule has 0 fully saturated rings. The molecular formula is C22H27ClN2O3. The number of benzene rings is 2. The highest BCUT2D eigenvalue weighted by atomic mass is 35.5. The molecular weight excluding hydrogens is 376 g/mol. The van der Waals surface area contributed by atoms with Crippen molar-refractivity contribution in [2.24, 2.45) is 0 Å². The van der Waals surface area contributed by atoms with Crippen LogP contribution in [0.4, 0.5) is 5.69 Å². The van der Waals surface area contributed by atoms with Gasteiger partial charge in [-0.25, -0.2) is 0 Å². The number of methoxy groups -OCH3 is 1. The SMILES string of the molecule is COCCN1CCc2ccc(NC(=O)c3ccc(OC(C)C)c(Cl)c3)cc2C1. The van der Waals surface area contributed by atoms with Gasteiger partial charge in [-0.05, 0) is 61.7 Å². The van der Waals surface area contributed by atoms with Gasteiger partial charge >= 0.3 is 0 Å². The van der Waals surface area contributed by atoms with Gasteiger partial charge in [-0.2, -0.15) is 0 Å². The van der Waals surface area contributed by atoms with Crippen molar-refractivity contribution in [2.45, 2.75) is 32.9 Å². The summed E-state index contributed by atoms with van der Waals surface area (Å²) in [4.78, 5) is 15.0. The second kappa shape index (κ2) is 9.41. The van der Waals surface area contributed by atoms with Gasteiger partial charge in [-0.3, -0.25) is 9.69 Å². The first-order valence-corrected chi connectivity index (χ1v) is 9.94. The molecule has 1 aliphatic heterocycles. The molecule has 28 heavy (non-hydrogen) atoms. The Labute approximate surface area is 171 Å². The zero-order chi connectivity index (χ0) is 20.1. The van der Waals surface area contributed by atoms with E-state index in [9.17, 15) is 4.79 Å². The lowest BCUT2D eigenvalue weighted by Gasteiger charge is -2.28. The third-order valence-electron chi connectivity index (χ3n) is 4.72. The maximum Gasteiger partial charge on any atom is 0.255 e. The van der Waals surface area contributed by atoms with E-state index in [2.05, 4.69) is 22.3 Å². The molecule has 0 unspecified atom stereocenters. The highest BCUT2D eigenvalue weighted by molar-refractivity contribution is 6.32. The van der Waals surface area contributed by atoms with Crippen LogP contribution in [0.3, 0.4) is 0 Å². The van der Waals surface area contributed by atoms with Crippen LogP contribution in [0.5, 0.6) is 5.75 Å². The van der Waals surface area contributed by atoms with Crippen LogP contribution in [0, 0.1) is 0 Å². The van der Waals surface area contributed by atoms with Crippen molar-refractivity contribution in [3.63, 3.8) is 0 Å². The standard InChI is InChI=1S/C22H27ClN2O3/c1-15(2)28-21-7-5-17(13-20(21)23)22(26)24-19-6-4-16-8-9-25(10-11-27-3)14-18(16)12-19/h4-7,12-13,15H,8-11,14H2,1-3H3,(H,24,26). The third kappa shape index (κ3) is 5.25. The molecule has 0 spiro atoms. The molecule has 1 heterocycles. The Bertz CT molecular complexity index is 839. The van der Waals surface area contributed by atoms with E-state index in [-0.39, 0.29) is 12.0 Å². The lowest BCUT2D eigenvalue weighted by molar-refractivity contribution is 0.102. The molecule has 1 aliphatic rings. The zero-order valence-corrected chi connectivity index (χ0v) is 17.4. The van der Waals surface area contributed by atoms with E-state index in [1.165, 1.54) is 11.1 Å². The average Bonchev–Trinajstić information content (AvgIpc) is 2.67. The monoisotopic (exact) mass is 402 g/mol. The highest BCUT2D eigenvalue weighted by Gasteiger charge is 2.17. The van der Waals surface area contributed by atoms with Gasteiger partial charge in [0.05, 0.1) is 17.7 Å². The number of hydrogen-bond acceptors (Lipinski definition) is 4. The van der Waals surface area contributed by atoms with Crippen LogP contribution < -0.4 is 10.1 Å². The van der Waals surface area contributed by atoms with Gasteiger partial charge in [0.25, 0.3) is 5.91 Å². The van der Waals surface area contributed by atoms with E-state index in [4.69, 9.17) is 21.1 Å². The smallest absolute Gasteiger partial charge is 0.255 e. The summed E-state index contributed by atoms with van der Waals surface area (Å²) in [6, 6.07) is 11.2. The first kappa shape index (κ1) is 20.6. The van der Waals surface area contributed by atoms with Crippen LogP contribution in [-0.2, 0) is 17.7 Å². The number of fused-ring (bicyclic) bond motifs is 1. The van der Waals surface area contributed by atoms with Crippen LogP contribution in [0.2, 0.25) is 5.02 Å². The lowest BCUT2D eigenvalue weighted by atomic mass is 9.99. The first-order valence-electron chi connectivity index (χ1n) is 9.57. The van der Waals surface area contributed by atoms with E-state index in [1.54, 1.807) is 25.3 Å². The number of carbonyl (C=O) groups excluding carboxylic acids is 1. The normalized spacial score (nSPS) is 14.0. The van der Waals surface area contributed by atoms with E-state index in [0.717, 1.165) is 38.3 Å². The molecule has 1 amide bonds. The number of halogens is 1. The third-order valence-corrected chi connectivity index (χ3v) is 5.02. The van der Waals surface area contributed by atoms with Gasteiger partial charge in [-0.15, -0.1) is 0 Å². The number of nitrogens with zero attached hydrogens (tertiary/aromatic N) is 1. The van der Waals surface area contributed by atoms with Crippen LogP contribution >= 0.6 is 11.6 Å². The fourth-order valence-corrected chi connectivity index (χ4v) is 3.52. The van der Waals surface area contributed by atoms with Crippen LogP contribution in [0.25, 0.3) is 0 Å². The van der Waals surface area contributed by atoms with Crippen molar-refractivity contribution in [3.8, 4) is 5.75 Å². The molecule has 6 heteroatoms. The largest absolute Gasteiger partial charge is 0.489 e. The molecule has 1 N–H and O–H groups in total. The maximum absolute atomic E-state index is 12.6. The van der Waals surface area contributed by atoms with E-state index >= 15 is 0 Å². The molecule has 0 aliphatic carbocycles. The molecule has 5 nitrogen and oxygen atoms in total. The molecule has 150 valence electrons. The Balaban J connectivity index is 1.69. The molecule has 0 atom stereocenters. The second-order valence-electron chi connectivity index (χ2n) is 7.27.